The Morgan fingerprint density at radius 2 is 2.05 bits per heavy atom. The van der Waals surface area contributed by atoms with Crippen LogP contribution in [0.4, 0.5) is 5.69 Å². The molecular weight excluding hydrogens is 268 g/mol. The van der Waals surface area contributed by atoms with Gasteiger partial charge in [0, 0.05) is 23.8 Å². The van der Waals surface area contributed by atoms with E-state index in [9.17, 15) is 9.59 Å². The Balaban J connectivity index is 2.63. The van der Waals surface area contributed by atoms with Crippen LogP contribution in [0, 0.1) is 0 Å². The number of benzene rings is 1. The Morgan fingerprint density at radius 3 is 2.58 bits per heavy atom. The number of halogens is 1. The average Bonchev–Trinajstić information content (AvgIpc) is 2.34. The van der Waals surface area contributed by atoms with Crippen molar-refractivity contribution in [3.05, 3.63) is 28.8 Å². The van der Waals surface area contributed by atoms with Gasteiger partial charge in [-0.15, -0.1) is 0 Å². The van der Waals surface area contributed by atoms with E-state index in [2.05, 4.69) is 0 Å². The van der Waals surface area contributed by atoms with Crippen molar-refractivity contribution in [2.45, 2.75) is 19.9 Å². The number of carbonyl (C=O) groups is 2. The molecule has 0 aromatic heterocycles. The minimum atomic E-state index is -0.639. The number of rotatable bonds is 4. The zero-order chi connectivity index (χ0) is 14.6. The van der Waals surface area contributed by atoms with Gasteiger partial charge in [-0.05, 0) is 32.0 Å². The molecule has 0 unspecified atom stereocenters. The van der Waals surface area contributed by atoms with Crippen LogP contribution in [0.25, 0.3) is 0 Å². The van der Waals surface area contributed by atoms with Gasteiger partial charge in [-0.2, -0.15) is 0 Å². The highest BCUT2D eigenvalue weighted by Crippen LogP contribution is 2.18. The van der Waals surface area contributed by atoms with Gasteiger partial charge in [0.15, 0.2) is 6.61 Å². The third-order valence-electron chi connectivity index (χ3n) is 2.73. The van der Waals surface area contributed by atoms with Crippen molar-refractivity contribution in [1.82, 2.24) is 4.90 Å². The zero-order valence-corrected chi connectivity index (χ0v) is 11.9. The van der Waals surface area contributed by atoms with E-state index < -0.39 is 5.97 Å². The Kier molecular flexibility index (Phi) is 5.18. The highest BCUT2D eigenvalue weighted by atomic mass is 35.5. The minimum Gasteiger partial charge on any atom is -0.452 e. The third-order valence-corrected chi connectivity index (χ3v) is 2.96. The smallest absolute Gasteiger partial charge is 0.340 e. The van der Waals surface area contributed by atoms with E-state index in [4.69, 9.17) is 22.1 Å². The molecule has 0 aliphatic rings. The lowest BCUT2D eigenvalue weighted by molar-refractivity contribution is -0.134. The predicted molar refractivity (Wildman–Crippen MR) is 74.1 cm³/mol. The summed E-state index contributed by atoms with van der Waals surface area (Å²) in [5.74, 6) is -0.907. The van der Waals surface area contributed by atoms with Gasteiger partial charge in [0.05, 0.1) is 5.56 Å². The SMILES string of the molecule is CC(C)N(C)C(=O)COC(=O)c1ccc(Cl)cc1N. The molecule has 0 saturated heterocycles. The van der Waals surface area contributed by atoms with Gasteiger partial charge in [-0.3, -0.25) is 4.79 Å². The maximum absolute atomic E-state index is 11.8. The van der Waals surface area contributed by atoms with Crippen LogP contribution in [-0.4, -0.2) is 36.5 Å². The van der Waals surface area contributed by atoms with Crippen LogP contribution in [-0.2, 0) is 9.53 Å². The Bertz CT molecular complexity index is 489. The van der Waals surface area contributed by atoms with Gasteiger partial charge in [-0.25, -0.2) is 4.79 Å². The highest BCUT2D eigenvalue weighted by Gasteiger charge is 2.16. The predicted octanol–water partition coefficient (Wildman–Crippen LogP) is 1.95. The average molecular weight is 285 g/mol. The number of carbonyl (C=O) groups excluding carboxylic acids is 2. The standard InChI is InChI=1S/C13H17ClN2O3/c1-8(2)16(3)12(17)7-19-13(18)10-5-4-9(14)6-11(10)15/h4-6,8H,7,15H2,1-3H3. The van der Waals surface area contributed by atoms with E-state index in [1.807, 2.05) is 13.8 Å². The van der Waals surface area contributed by atoms with Gasteiger partial charge in [0.25, 0.3) is 5.91 Å². The first-order chi connectivity index (χ1) is 8.82. The summed E-state index contributed by atoms with van der Waals surface area (Å²) in [6.07, 6.45) is 0. The first kappa shape index (κ1) is 15.3. The highest BCUT2D eigenvalue weighted by molar-refractivity contribution is 6.31. The van der Waals surface area contributed by atoms with Crippen LogP contribution in [0.15, 0.2) is 18.2 Å². The van der Waals surface area contributed by atoms with Crippen molar-refractivity contribution in [3.8, 4) is 0 Å². The molecule has 1 rings (SSSR count). The Morgan fingerprint density at radius 1 is 1.42 bits per heavy atom. The minimum absolute atomic E-state index is 0.0480. The summed E-state index contributed by atoms with van der Waals surface area (Å²) in [6, 6.07) is 4.51. The summed E-state index contributed by atoms with van der Waals surface area (Å²) in [5, 5.41) is 0.435. The van der Waals surface area contributed by atoms with Crippen LogP contribution in [0.3, 0.4) is 0 Å². The molecule has 2 N–H and O–H groups in total. The van der Waals surface area contributed by atoms with Crippen LogP contribution < -0.4 is 5.73 Å². The molecule has 0 aliphatic heterocycles. The molecule has 0 spiro atoms. The van der Waals surface area contributed by atoms with Gasteiger partial charge in [0.1, 0.15) is 0 Å². The number of amides is 1. The summed E-state index contributed by atoms with van der Waals surface area (Å²) >= 11 is 5.73. The van der Waals surface area contributed by atoms with Crippen molar-refractivity contribution in [1.29, 1.82) is 0 Å². The zero-order valence-electron chi connectivity index (χ0n) is 11.1. The molecule has 104 valence electrons. The Labute approximate surface area is 117 Å². The largest absolute Gasteiger partial charge is 0.452 e. The number of ether oxygens (including phenoxy) is 1. The second-order valence-corrected chi connectivity index (χ2v) is 4.84. The first-order valence-corrected chi connectivity index (χ1v) is 6.18. The summed E-state index contributed by atoms with van der Waals surface area (Å²) in [5.41, 5.74) is 6.08. The summed E-state index contributed by atoms with van der Waals surface area (Å²) in [7, 11) is 1.65. The molecule has 0 aliphatic carbocycles. The molecule has 0 atom stereocenters. The molecule has 1 aromatic carbocycles. The number of nitrogens with zero attached hydrogens (tertiary/aromatic N) is 1. The molecule has 0 fully saturated rings. The number of hydrogen-bond donors (Lipinski definition) is 1. The monoisotopic (exact) mass is 284 g/mol. The number of likely N-dealkylation sites (N-methyl/N-ethyl adjacent to an activating group) is 1. The van der Waals surface area contributed by atoms with Gasteiger partial charge in [0.2, 0.25) is 0 Å². The number of nitrogen functional groups attached to an aromatic ring is 1. The van der Waals surface area contributed by atoms with Crippen LogP contribution in [0.5, 0.6) is 0 Å². The first-order valence-electron chi connectivity index (χ1n) is 5.80. The summed E-state index contributed by atoms with van der Waals surface area (Å²) in [6.45, 7) is 3.43. The van der Waals surface area contributed by atoms with Crippen molar-refractivity contribution >= 4 is 29.2 Å². The summed E-state index contributed by atoms with van der Waals surface area (Å²) < 4.78 is 4.93. The number of nitrogens with two attached hydrogens (primary N) is 1. The fraction of sp³-hybridized carbons (Fsp3) is 0.385. The molecule has 0 saturated carbocycles. The second kappa shape index (κ2) is 6.43. The lowest BCUT2D eigenvalue weighted by Crippen LogP contribution is -2.36. The van der Waals surface area contributed by atoms with Gasteiger partial charge < -0.3 is 15.4 Å². The molecule has 0 radical (unpaired) electrons. The quantitative estimate of drug-likeness (QED) is 0.677. The van der Waals surface area contributed by atoms with E-state index in [0.29, 0.717) is 5.02 Å². The van der Waals surface area contributed by atoms with Crippen LogP contribution in [0.1, 0.15) is 24.2 Å². The van der Waals surface area contributed by atoms with E-state index in [0.717, 1.165) is 0 Å². The number of esters is 1. The number of anilines is 1. The number of hydrogen-bond acceptors (Lipinski definition) is 4. The maximum Gasteiger partial charge on any atom is 0.340 e. The van der Waals surface area contributed by atoms with Crippen molar-refractivity contribution in [2.75, 3.05) is 19.4 Å². The van der Waals surface area contributed by atoms with Crippen molar-refractivity contribution < 1.29 is 14.3 Å². The third kappa shape index (κ3) is 4.13. The molecule has 1 aromatic rings. The van der Waals surface area contributed by atoms with E-state index in [1.165, 1.54) is 23.1 Å². The maximum atomic E-state index is 11.8. The molecule has 5 nitrogen and oxygen atoms in total. The topological polar surface area (TPSA) is 72.6 Å². The van der Waals surface area contributed by atoms with Crippen molar-refractivity contribution in [2.24, 2.45) is 0 Å². The van der Waals surface area contributed by atoms with E-state index in [1.54, 1.807) is 7.05 Å². The molecule has 6 heteroatoms. The van der Waals surface area contributed by atoms with E-state index in [-0.39, 0.29) is 29.8 Å². The normalized spacial score (nSPS) is 10.4. The van der Waals surface area contributed by atoms with Crippen LogP contribution >= 0.6 is 11.6 Å². The summed E-state index contributed by atoms with van der Waals surface area (Å²) in [4.78, 5) is 24.9. The van der Waals surface area contributed by atoms with E-state index >= 15 is 0 Å². The Hall–Kier alpha value is -1.75. The van der Waals surface area contributed by atoms with Crippen LogP contribution in [0.2, 0.25) is 5.02 Å². The van der Waals surface area contributed by atoms with Crippen molar-refractivity contribution in [3.63, 3.8) is 0 Å². The second-order valence-electron chi connectivity index (χ2n) is 4.41. The lowest BCUT2D eigenvalue weighted by atomic mass is 10.2. The molecule has 0 heterocycles. The molecule has 0 bridgehead atoms. The molecule has 1 amide bonds. The fourth-order valence-electron chi connectivity index (χ4n) is 1.31. The van der Waals surface area contributed by atoms with Gasteiger partial charge in [-0.1, -0.05) is 11.6 Å². The molecule has 19 heavy (non-hydrogen) atoms. The lowest BCUT2D eigenvalue weighted by Gasteiger charge is -2.21. The fourth-order valence-corrected chi connectivity index (χ4v) is 1.49. The van der Waals surface area contributed by atoms with Gasteiger partial charge >= 0.3 is 5.97 Å². The molecular formula is C13H17ClN2O3.